The van der Waals surface area contributed by atoms with E-state index in [1.807, 2.05) is 0 Å². The van der Waals surface area contributed by atoms with Gasteiger partial charge in [-0.15, -0.1) is 0 Å². The number of anilines is 1. The summed E-state index contributed by atoms with van der Waals surface area (Å²) in [5.41, 5.74) is 0. The van der Waals surface area contributed by atoms with Crippen molar-refractivity contribution in [3.63, 3.8) is 0 Å². The lowest BCUT2D eigenvalue weighted by molar-refractivity contribution is -0.131. The van der Waals surface area contributed by atoms with Crippen molar-refractivity contribution in [1.82, 2.24) is 14.9 Å². The van der Waals surface area contributed by atoms with Crippen molar-refractivity contribution in [3.05, 3.63) is 17.4 Å². The van der Waals surface area contributed by atoms with Gasteiger partial charge in [-0.25, -0.2) is 23.5 Å². The molecule has 1 aromatic rings. The molecule has 1 saturated heterocycles. The molecule has 0 aliphatic carbocycles. The second kappa shape index (κ2) is 6.76. The molecule has 3 N–H and O–H groups in total. The maximum absolute atomic E-state index is 12.1. The van der Waals surface area contributed by atoms with Gasteiger partial charge in [-0.3, -0.25) is 4.79 Å². The van der Waals surface area contributed by atoms with Crippen LogP contribution in [-0.2, 0) is 14.8 Å². The highest BCUT2D eigenvalue weighted by molar-refractivity contribution is 7.90. The molecule has 1 fully saturated rings. The number of sulfonamides is 1. The van der Waals surface area contributed by atoms with Crippen LogP contribution in [0.25, 0.3) is 0 Å². The van der Waals surface area contributed by atoms with Crippen LogP contribution in [0, 0.1) is 0 Å². The van der Waals surface area contributed by atoms with Gasteiger partial charge in [0.25, 0.3) is 0 Å². The molecule has 1 aliphatic heterocycles. The van der Waals surface area contributed by atoms with Crippen LogP contribution in [0.1, 0.15) is 19.8 Å². The van der Waals surface area contributed by atoms with Crippen molar-refractivity contribution >= 4 is 33.5 Å². The second-order valence-corrected chi connectivity index (χ2v) is 7.52. The molecule has 8 nitrogen and oxygen atoms in total. The molecule has 22 heavy (non-hydrogen) atoms. The minimum Gasteiger partial charge on any atom is -0.351 e. The van der Waals surface area contributed by atoms with E-state index in [-0.39, 0.29) is 6.04 Å². The molecule has 122 valence electrons. The van der Waals surface area contributed by atoms with Gasteiger partial charge in [0.1, 0.15) is 0 Å². The summed E-state index contributed by atoms with van der Waals surface area (Å²) in [6.45, 7) is 2.23. The standard InChI is InChI=1S/C12H18ClN5O3S/c1-8(22(14,20)21)11(19)18-4-2-10(3-5-18)17-12-15-6-9(13)7-16-12/h6-8,10H,2-5H2,1H3,(H2,14,20,21)(H,15,16,17). The molecular formula is C12H18ClN5O3S. The van der Waals surface area contributed by atoms with Crippen LogP contribution in [0.2, 0.25) is 5.02 Å². The van der Waals surface area contributed by atoms with Crippen LogP contribution < -0.4 is 10.5 Å². The maximum Gasteiger partial charge on any atom is 0.242 e. The average Bonchev–Trinajstić information content (AvgIpc) is 2.48. The summed E-state index contributed by atoms with van der Waals surface area (Å²) < 4.78 is 22.5. The van der Waals surface area contributed by atoms with Crippen LogP contribution in [-0.4, -0.2) is 53.6 Å². The number of primary sulfonamides is 1. The van der Waals surface area contributed by atoms with E-state index in [1.165, 1.54) is 24.2 Å². The van der Waals surface area contributed by atoms with Crippen LogP contribution in [0.15, 0.2) is 12.4 Å². The second-order valence-electron chi connectivity index (χ2n) is 5.20. The number of nitrogens with zero attached hydrogens (tertiary/aromatic N) is 3. The number of piperidine rings is 1. The van der Waals surface area contributed by atoms with Gasteiger partial charge in [-0.2, -0.15) is 0 Å². The lowest BCUT2D eigenvalue weighted by Gasteiger charge is -2.33. The number of rotatable bonds is 4. The summed E-state index contributed by atoms with van der Waals surface area (Å²) in [7, 11) is -3.86. The highest BCUT2D eigenvalue weighted by Crippen LogP contribution is 2.16. The molecule has 1 aliphatic rings. The summed E-state index contributed by atoms with van der Waals surface area (Å²) in [4.78, 5) is 21.7. The molecule has 0 saturated carbocycles. The molecule has 0 bridgehead atoms. The number of likely N-dealkylation sites (tertiary alicyclic amines) is 1. The molecule has 0 aromatic carbocycles. The molecule has 0 spiro atoms. The summed E-state index contributed by atoms with van der Waals surface area (Å²) in [6, 6.07) is 0.120. The monoisotopic (exact) mass is 347 g/mol. The van der Waals surface area contributed by atoms with Crippen molar-refractivity contribution in [2.24, 2.45) is 5.14 Å². The minimum absolute atomic E-state index is 0.120. The molecule has 0 radical (unpaired) electrons. The zero-order chi connectivity index (χ0) is 16.3. The highest BCUT2D eigenvalue weighted by atomic mass is 35.5. The predicted molar refractivity (Wildman–Crippen MR) is 82.8 cm³/mol. The average molecular weight is 348 g/mol. The lowest BCUT2D eigenvalue weighted by Crippen LogP contribution is -2.48. The SMILES string of the molecule is CC(C(=O)N1CCC(Nc2ncc(Cl)cn2)CC1)S(N)(=O)=O. The fourth-order valence-electron chi connectivity index (χ4n) is 2.21. The Balaban J connectivity index is 1.88. The number of hydrogen-bond donors (Lipinski definition) is 2. The van der Waals surface area contributed by atoms with Gasteiger partial charge < -0.3 is 10.2 Å². The van der Waals surface area contributed by atoms with Crippen LogP contribution in [0.5, 0.6) is 0 Å². The van der Waals surface area contributed by atoms with E-state index in [1.54, 1.807) is 0 Å². The maximum atomic E-state index is 12.1. The van der Waals surface area contributed by atoms with Gasteiger partial charge in [-0.05, 0) is 19.8 Å². The van der Waals surface area contributed by atoms with Crippen LogP contribution in [0.4, 0.5) is 5.95 Å². The molecule has 1 atom stereocenters. The largest absolute Gasteiger partial charge is 0.351 e. The van der Waals surface area contributed by atoms with Crippen molar-refractivity contribution < 1.29 is 13.2 Å². The quantitative estimate of drug-likeness (QED) is 0.803. The predicted octanol–water partition coefficient (Wildman–Crippen LogP) is 0.210. The minimum atomic E-state index is -3.86. The molecule has 1 unspecified atom stereocenters. The molecule has 1 aromatic heterocycles. The van der Waals surface area contributed by atoms with E-state index in [0.717, 1.165) is 0 Å². The third-order valence-corrected chi connectivity index (χ3v) is 4.98. The first-order valence-corrected chi connectivity index (χ1v) is 8.80. The summed E-state index contributed by atoms with van der Waals surface area (Å²) in [5, 5.41) is 7.43. The Morgan fingerprint density at radius 1 is 1.41 bits per heavy atom. The normalized spacial score (nSPS) is 18.0. The number of aromatic nitrogens is 2. The van der Waals surface area contributed by atoms with Crippen molar-refractivity contribution in [3.8, 4) is 0 Å². The first kappa shape index (κ1) is 16.9. The lowest BCUT2D eigenvalue weighted by atomic mass is 10.0. The van der Waals surface area contributed by atoms with Gasteiger partial charge in [0.05, 0.1) is 17.4 Å². The van der Waals surface area contributed by atoms with Gasteiger partial charge in [0.15, 0.2) is 5.25 Å². The topological polar surface area (TPSA) is 118 Å². The third kappa shape index (κ3) is 4.28. The molecule has 10 heteroatoms. The van der Waals surface area contributed by atoms with E-state index in [0.29, 0.717) is 36.9 Å². The van der Waals surface area contributed by atoms with E-state index < -0.39 is 21.2 Å². The highest BCUT2D eigenvalue weighted by Gasteiger charge is 2.31. The van der Waals surface area contributed by atoms with E-state index in [4.69, 9.17) is 16.7 Å². The fraction of sp³-hybridized carbons (Fsp3) is 0.583. The first-order valence-electron chi connectivity index (χ1n) is 6.82. The fourth-order valence-corrected chi connectivity index (χ4v) is 2.74. The summed E-state index contributed by atoms with van der Waals surface area (Å²) >= 11 is 5.72. The third-order valence-electron chi connectivity index (χ3n) is 3.60. The summed E-state index contributed by atoms with van der Waals surface area (Å²) in [6.07, 6.45) is 4.36. The van der Waals surface area contributed by atoms with Crippen molar-refractivity contribution in [2.75, 3.05) is 18.4 Å². The van der Waals surface area contributed by atoms with Gasteiger partial charge in [-0.1, -0.05) is 11.6 Å². The Morgan fingerprint density at radius 3 is 2.45 bits per heavy atom. The molecule has 1 amide bonds. The number of nitrogens with two attached hydrogens (primary N) is 1. The number of amides is 1. The van der Waals surface area contributed by atoms with Crippen molar-refractivity contribution in [2.45, 2.75) is 31.1 Å². The molecular weight excluding hydrogens is 330 g/mol. The Hall–Kier alpha value is -1.45. The Kier molecular flexibility index (Phi) is 5.20. The van der Waals surface area contributed by atoms with E-state index in [9.17, 15) is 13.2 Å². The zero-order valence-corrected chi connectivity index (χ0v) is 13.6. The Bertz CT molecular complexity index is 629. The molecule has 2 rings (SSSR count). The number of halogens is 1. The van der Waals surface area contributed by atoms with Gasteiger partial charge in [0, 0.05) is 19.1 Å². The Morgan fingerprint density at radius 2 is 1.95 bits per heavy atom. The van der Waals surface area contributed by atoms with Gasteiger partial charge in [0.2, 0.25) is 21.9 Å². The molecule has 2 heterocycles. The Labute approximate surface area is 134 Å². The van der Waals surface area contributed by atoms with E-state index >= 15 is 0 Å². The zero-order valence-electron chi connectivity index (χ0n) is 12.1. The van der Waals surface area contributed by atoms with E-state index in [2.05, 4.69) is 15.3 Å². The smallest absolute Gasteiger partial charge is 0.242 e. The van der Waals surface area contributed by atoms with Gasteiger partial charge >= 0.3 is 0 Å². The first-order chi connectivity index (χ1) is 10.3. The number of carbonyl (C=O) groups is 1. The number of nitrogens with one attached hydrogen (secondary N) is 1. The van der Waals surface area contributed by atoms with Crippen molar-refractivity contribution in [1.29, 1.82) is 0 Å². The number of hydrogen-bond acceptors (Lipinski definition) is 6. The van der Waals surface area contributed by atoms with Crippen LogP contribution >= 0.6 is 11.6 Å². The summed E-state index contributed by atoms with van der Waals surface area (Å²) in [5.74, 6) is 0.0239. The number of carbonyl (C=O) groups excluding carboxylic acids is 1. The van der Waals surface area contributed by atoms with Crippen LogP contribution in [0.3, 0.4) is 0 Å².